The van der Waals surface area contributed by atoms with Crippen molar-refractivity contribution < 1.29 is 14.8 Å². The van der Waals surface area contributed by atoms with Crippen LogP contribution >= 0.6 is 0 Å². The molecular formula is C12H14N2O4. The molecule has 0 aliphatic heterocycles. The number of nitro benzene ring substituents is 1. The molecule has 1 aromatic rings. The minimum absolute atomic E-state index is 0.00190. The second kappa shape index (κ2) is 4.64. The molecule has 1 aliphatic rings. The Labute approximate surface area is 104 Å². The maximum atomic E-state index is 11.2. The van der Waals surface area contributed by atoms with Crippen LogP contribution < -0.4 is 4.90 Å². The third-order valence-corrected chi connectivity index (χ3v) is 3.06. The number of rotatable bonds is 5. The van der Waals surface area contributed by atoms with E-state index < -0.39 is 10.9 Å². The zero-order valence-corrected chi connectivity index (χ0v) is 10.00. The first-order valence-electron chi connectivity index (χ1n) is 5.83. The van der Waals surface area contributed by atoms with Crippen LogP contribution in [-0.4, -0.2) is 28.6 Å². The molecule has 96 valence electrons. The Balaban J connectivity index is 2.45. The zero-order valence-electron chi connectivity index (χ0n) is 10.00. The Morgan fingerprint density at radius 3 is 2.67 bits per heavy atom. The monoisotopic (exact) mass is 250 g/mol. The fourth-order valence-corrected chi connectivity index (χ4v) is 2.07. The predicted octanol–water partition coefficient (Wildman–Crippen LogP) is 2.28. The van der Waals surface area contributed by atoms with Crippen LogP contribution in [0.1, 0.15) is 30.1 Å². The minimum atomic E-state index is -1.13. The van der Waals surface area contributed by atoms with E-state index in [0.717, 1.165) is 18.9 Å². The number of nitro groups is 1. The standard InChI is InChI=1S/C12H14N2O4/c1-2-13(8-3-4-8)11-6-5-9(14(17)18)7-10(11)12(15)16/h5-8H,2-4H2,1H3,(H,15,16). The van der Waals surface area contributed by atoms with Crippen molar-refractivity contribution in [2.75, 3.05) is 11.4 Å². The highest BCUT2D eigenvalue weighted by molar-refractivity contribution is 5.95. The van der Waals surface area contributed by atoms with E-state index in [1.54, 1.807) is 0 Å². The summed E-state index contributed by atoms with van der Waals surface area (Å²) < 4.78 is 0. The van der Waals surface area contributed by atoms with Crippen LogP contribution in [0.25, 0.3) is 0 Å². The predicted molar refractivity (Wildman–Crippen MR) is 66.1 cm³/mol. The topological polar surface area (TPSA) is 83.7 Å². The molecule has 0 atom stereocenters. The summed E-state index contributed by atoms with van der Waals surface area (Å²) in [7, 11) is 0. The van der Waals surface area contributed by atoms with Gasteiger partial charge in [0.1, 0.15) is 0 Å². The van der Waals surface area contributed by atoms with Gasteiger partial charge in [0.2, 0.25) is 0 Å². The van der Waals surface area contributed by atoms with Crippen LogP contribution in [0.3, 0.4) is 0 Å². The van der Waals surface area contributed by atoms with Crippen molar-refractivity contribution >= 4 is 17.3 Å². The normalized spacial score (nSPS) is 14.3. The SMILES string of the molecule is CCN(c1ccc([N+](=O)[O-])cc1C(=O)O)C1CC1. The molecule has 0 bridgehead atoms. The highest BCUT2D eigenvalue weighted by Gasteiger charge is 2.31. The molecule has 1 fully saturated rings. The molecular weight excluding hydrogens is 236 g/mol. The zero-order chi connectivity index (χ0) is 13.3. The van der Waals surface area contributed by atoms with Gasteiger partial charge < -0.3 is 10.0 Å². The number of aromatic carboxylic acids is 1. The van der Waals surface area contributed by atoms with Crippen molar-refractivity contribution in [2.24, 2.45) is 0 Å². The maximum absolute atomic E-state index is 11.2. The summed E-state index contributed by atoms with van der Waals surface area (Å²) in [5, 5.41) is 19.8. The number of benzene rings is 1. The van der Waals surface area contributed by atoms with E-state index in [9.17, 15) is 14.9 Å². The molecule has 0 heterocycles. The fraction of sp³-hybridized carbons (Fsp3) is 0.417. The van der Waals surface area contributed by atoms with Crippen molar-refractivity contribution in [3.05, 3.63) is 33.9 Å². The largest absolute Gasteiger partial charge is 0.478 e. The first-order valence-corrected chi connectivity index (χ1v) is 5.83. The van der Waals surface area contributed by atoms with Crippen molar-refractivity contribution in [2.45, 2.75) is 25.8 Å². The molecule has 1 aliphatic carbocycles. The van der Waals surface area contributed by atoms with Crippen molar-refractivity contribution in [1.29, 1.82) is 0 Å². The molecule has 6 heteroatoms. The van der Waals surface area contributed by atoms with Gasteiger partial charge in [0, 0.05) is 24.7 Å². The van der Waals surface area contributed by atoms with Crippen molar-refractivity contribution in [3.8, 4) is 0 Å². The van der Waals surface area contributed by atoms with E-state index in [1.165, 1.54) is 12.1 Å². The number of carboxylic acids is 1. The number of non-ortho nitro benzene ring substituents is 1. The lowest BCUT2D eigenvalue weighted by molar-refractivity contribution is -0.384. The summed E-state index contributed by atoms with van der Waals surface area (Å²) in [6, 6.07) is 4.38. The van der Waals surface area contributed by atoms with E-state index >= 15 is 0 Å². The fourth-order valence-electron chi connectivity index (χ4n) is 2.07. The quantitative estimate of drug-likeness (QED) is 0.640. The van der Waals surface area contributed by atoms with Gasteiger partial charge in [0.05, 0.1) is 16.2 Å². The number of hydrogen-bond acceptors (Lipinski definition) is 4. The molecule has 18 heavy (non-hydrogen) atoms. The molecule has 0 aromatic heterocycles. The Bertz CT molecular complexity index is 497. The number of nitrogens with zero attached hydrogens (tertiary/aromatic N) is 2. The lowest BCUT2D eigenvalue weighted by Crippen LogP contribution is -2.27. The maximum Gasteiger partial charge on any atom is 0.338 e. The van der Waals surface area contributed by atoms with Crippen LogP contribution in [0.2, 0.25) is 0 Å². The molecule has 1 aromatic carbocycles. The second-order valence-corrected chi connectivity index (χ2v) is 4.28. The average Bonchev–Trinajstić information content (AvgIpc) is 3.14. The van der Waals surface area contributed by atoms with Gasteiger partial charge in [0.25, 0.3) is 5.69 Å². The van der Waals surface area contributed by atoms with Crippen molar-refractivity contribution in [3.63, 3.8) is 0 Å². The summed E-state index contributed by atoms with van der Waals surface area (Å²) in [6.45, 7) is 2.65. The molecule has 1 N–H and O–H groups in total. The molecule has 1 saturated carbocycles. The van der Waals surface area contributed by atoms with Crippen molar-refractivity contribution in [1.82, 2.24) is 0 Å². The highest BCUT2D eigenvalue weighted by atomic mass is 16.6. The van der Waals surface area contributed by atoms with Gasteiger partial charge in [-0.2, -0.15) is 0 Å². The Morgan fingerprint density at radius 1 is 1.56 bits per heavy atom. The summed E-state index contributed by atoms with van der Waals surface area (Å²) in [5.74, 6) is -1.13. The van der Waals surface area contributed by atoms with Crippen LogP contribution in [-0.2, 0) is 0 Å². The minimum Gasteiger partial charge on any atom is -0.478 e. The van der Waals surface area contributed by atoms with E-state index in [1.807, 2.05) is 11.8 Å². The Morgan fingerprint density at radius 2 is 2.22 bits per heavy atom. The van der Waals surface area contributed by atoms with E-state index in [4.69, 9.17) is 5.11 Å². The lowest BCUT2D eigenvalue weighted by atomic mass is 10.1. The second-order valence-electron chi connectivity index (χ2n) is 4.28. The van der Waals surface area contributed by atoms with Gasteiger partial charge in [-0.1, -0.05) is 0 Å². The smallest absolute Gasteiger partial charge is 0.338 e. The van der Waals surface area contributed by atoms with Crippen LogP contribution in [0.15, 0.2) is 18.2 Å². The molecule has 6 nitrogen and oxygen atoms in total. The molecule has 0 spiro atoms. The molecule has 0 radical (unpaired) electrons. The van der Waals surface area contributed by atoms with Gasteiger partial charge >= 0.3 is 5.97 Å². The summed E-state index contributed by atoms with van der Waals surface area (Å²) >= 11 is 0. The van der Waals surface area contributed by atoms with E-state index in [-0.39, 0.29) is 11.3 Å². The number of carboxylic acid groups (broad SMARTS) is 1. The summed E-state index contributed by atoms with van der Waals surface area (Å²) in [6.07, 6.45) is 2.09. The molecule has 2 rings (SSSR count). The average molecular weight is 250 g/mol. The van der Waals surface area contributed by atoms with Crippen LogP contribution in [0.4, 0.5) is 11.4 Å². The summed E-state index contributed by atoms with van der Waals surface area (Å²) in [4.78, 5) is 23.3. The van der Waals surface area contributed by atoms with Gasteiger partial charge in [0.15, 0.2) is 0 Å². The highest BCUT2D eigenvalue weighted by Crippen LogP contribution is 2.34. The molecule has 0 unspecified atom stereocenters. The van der Waals surface area contributed by atoms with Crippen LogP contribution in [0, 0.1) is 10.1 Å². The number of anilines is 1. The molecule has 0 amide bonds. The van der Waals surface area contributed by atoms with Gasteiger partial charge in [-0.05, 0) is 25.8 Å². The third kappa shape index (κ3) is 2.27. The lowest BCUT2D eigenvalue weighted by Gasteiger charge is -2.24. The van der Waals surface area contributed by atoms with E-state index in [2.05, 4.69) is 0 Å². The number of hydrogen-bond donors (Lipinski definition) is 1. The van der Waals surface area contributed by atoms with Crippen LogP contribution in [0.5, 0.6) is 0 Å². The van der Waals surface area contributed by atoms with E-state index in [0.29, 0.717) is 18.3 Å². The molecule has 0 saturated heterocycles. The third-order valence-electron chi connectivity index (χ3n) is 3.06. The first-order chi connectivity index (χ1) is 8.54. The number of carbonyl (C=O) groups is 1. The summed E-state index contributed by atoms with van der Waals surface area (Å²) in [5.41, 5.74) is 0.374. The van der Waals surface area contributed by atoms with Gasteiger partial charge in [-0.15, -0.1) is 0 Å². The van der Waals surface area contributed by atoms with Gasteiger partial charge in [-0.3, -0.25) is 10.1 Å². The van der Waals surface area contributed by atoms with Gasteiger partial charge in [-0.25, -0.2) is 4.79 Å². The first kappa shape index (κ1) is 12.3. The Hall–Kier alpha value is -2.11. The Kier molecular flexibility index (Phi) is 3.18.